The lowest BCUT2D eigenvalue weighted by Gasteiger charge is -2.21. The number of anilines is 1. The van der Waals surface area contributed by atoms with Crippen molar-refractivity contribution in [3.63, 3.8) is 0 Å². The maximum absolute atomic E-state index is 11.7. The predicted octanol–water partition coefficient (Wildman–Crippen LogP) is 3.76. The molecule has 1 atom stereocenters. The topological polar surface area (TPSA) is 52.3 Å². The first kappa shape index (κ1) is 14.8. The number of esters is 1. The summed E-state index contributed by atoms with van der Waals surface area (Å²) in [5.41, 5.74) is 6.82. The molecule has 0 bridgehead atoms. The van der Waals surface area contributed by atoms with Crippen LogP contribution in [0.25, 0.3) is 0 Å². The molecule has 0 fully saturated rings. The van der Waals surface area contributed by atoms with E-state index in [1.54, 1.807) is 12.1 Å². The lowest BCUT2D eigenvalue weighted by atomic mass is 9.97. The predicted molar refractivity (Wildman–Crippen MR) is 74.7 cm³/mol. The zero-order chi connectivity index (χ0) is 13.9. The van der Waals surface area contributed by atoms with Gasteiger partial charge >= 0.3 is 5.97 Å². The van der Waals surface area contributed by atoms with Crippen molar-refractivity contribution in [1.82, 2.24) is 0 Å². The lowest BCUT2D eigenvalue weighted by Crippen LogP contribution is -2.24. The Morgan fingerprint density at radius 3 is 2.56 bits per heavy atom. The molecule has 4 heteroatoms. The molecular weight excluding hydrogens is 250 g/mol. The molecule has 0 saturated carbocycles. The molecule has 3 nitrogen and oxygen atoms in total. The fourth-order valence-corrected chi connectivity index (χ4v) is 1.74. The Labute approximate surface area is 113 Å². The van der Waals surface area contributed by atoms with Gasteiger partial charge in [-0.15, -0.1) is 0 Å². The zero-order valence-corrected chi connectivity index (χ0v) is 12.0. The maximum Gasteiger partial charge on any atom is 0.306 e. The van der Waals surface area contributed by atoms with Gasteiger partial charge in [-0.2, -0.15) is 0 Å². The summed E-state index contributed by atoms with van der Waals surface area (Å²) in [5.74, 6) is -0.150. The Morgan fingerprint density at radius 1 is 1.44 bits per heavy atom. The van der Waals surface area contributed by atoms with Crippen LogP contribution in [-0.4, -0.2) is 11.6 Å². The minimum absolute atomic E-state index is 0.0550. The van der Waals surface area contributed by atoms with E-state index in [4.69, 9.17) is 22.1 Å². The molecule has 1 aromatic carbocycles. The first-order chi connectivity index (χ1) is 8.19. The molecule has 1 rings (SSSR count). The van der Waals surface area contributed by atoms with Crippen molar-refractivity contribution in [2.24, 2.45) is 0 Å². The number of benzene rings is 1. The minimum atomic E-state index is -0.449. The van der Waals surface area contributed by atoms with Gasteiger partial charge in [0.05, 0.1) is 17.1 Å². The SMILES string of the molecule is C[C@H](CC(=O)OC(C)(C)C)c1ccc(Cl)c(N)c1. The summed E-state index contributed by atoms with van der Waals surface area (Å²) in [7, 11) is 0. The smallest absolute Gasteiger partial charge is 0.306 e. The van der Waals surface area contributed by atoms with Crippen LogP contribution in [0.2, 0.25) is 5.02 Å². The summed E-state index contributed by atoms with van der Waals surface area (Å²) < 4.78 is 5.29. The van der Waals surface area contributed by atoms with E-state index >= 15 is 0 Å². The second kappa shape index (κ2) is 5.61. The van der Waals surface area contributed by atoms with Gasteiger partial charge in [0.15, 0.2) is 0 Å². The molecule has 0 unspecified atom stereocenters. The van der Waals surface area contributed by atoms with E-state index in [-0.39, 0.29) is 11.9 Å². The van der Waals surface area contributed by atoms with Gasteiger partial charge in [-0.3, -0.25) is 4.79 Å². The van der Waals surface area contributed by atoms with E-state index < -0.39 is 5.60 Å². The third-order valence-corrected chi connectivity index (χ3v) is 2.83. The van der Waals surface area contributed by atoms with E-state index in [9.17, 15) is 4.79 Å². The average Bonchev–Trinajstić information content (AvgIpc) is 2.18. The van der Waals surface area contributed by atoms with Crippen LogP contribution < -0.4 is 5.73 Å². The first-order valence-corrected chi connectivity index (χ1v) is 6.33. The minimum Gasteiger partial charge on any atom is -0.460 e. The second-order valence-electron chi connectivity index (χ2n) is 5.47. The monoisotopic (exact) mass is 269 g/mol. The lowest BCUT2D eigenvalue weighted by molar-refractivity contribution is -0.155. The van der Waals surface area contributed by atoms with E-state index in [0.29, 0.717) is 17.1 Å². The van der Waals surface area contributed by atoms with Gasteiger partial charge in [0.2, 0.25) is 0 Å². The van der Waals surface area contributed by atoms with Gasteiger partial charge in [-0.05, 0) is 44.4 Å². The average molecular weight is 270 g/mol. The van der Waals surface area contributed by atoms with Gasteiger partial charge < -0.3 is 10.5 Å². The maximum atomic E-state index is 11.7. The third-order valence-electron chi connectivity index (χ3n) is 2.48. The van der Waals surface area contributed by atoms with Crippen molar-refractivity contribution in [3.05, 3.63) is 28.8 Å². The van der Waals surface area contributed by atoms with Crippen LogP contribution >= 0.6 is 11.6 Å². The quantitative estimate of drug-likeness (QED) is 0.671. The van der Waals surface area contributed by atoms with Crippen LogP contribution in [0.3, 0.4) is 0 Å². The van der Waals surface area contributed by atoms with Gasteiger partial charge in [-0.25, -0.2) is 0 Å². The van der Waals surface area contributed by atoms with Gasteiger partial charge in [0, 0.05) is 0 Å². The van der Waals surface area contributed by atoms with E-state index in [1.807, 2.05) is 33.8 Å². The molecule has 0 aromatic heterocycles. The number of rotatable bonds is 3. The van der Waals surface area contributed by atoms with Crippen LogP contribution in [0.5, 0.6) is 0 Å². The van der Waals surface area contributed by atoms with Crippen LogP contribution in [0, 0.1) is 0 Å². The Bertz CT molecular complexity index is 438. The van der Waals surface area contributed by atoms with Crippen molar-refractivity contribution < 1.29 is 9.53 Å². The molecule has 0 aliphatic carbocycles. The van der Waals surface area contributed by atoms with E-state index in [2.05, 4.69) is 0 Å². The van der Waals surface area contributed by atoms with Gasteiger partial charge in [0.1, 0.15) is 5.60 Å². The number of hydrogen-bond donors (Lipinski definition) is 1. The summed E-state index contributed by atoms with van der Waals surface area (Å²) in [5, 5.41) is 0.531. The zero-order valence-electron chi connectivity index (χ0n) is 11.3. The number of halogens is 1. The number of nitrogens with two attached hydrogens (primary N) is 1. The highest BCUT2D eigenvalue weighted by atomic mass is 35.5. The summed E-state index contributed by atoms with van der Waals surface area (Å²) in [6.45, 7) is 7.54. The molecule has 0 aliphatic heterocycles. The molecule has 0 saturated heterocycles. The number of carbonyl (C=O) groups excluding carboxylic acids is 1. The van der Waals surface area contributed by atoms with Crippen molar-refractivity contribution in [3.8, 4) is 0 Å². The number of hydrogen-bond acceptors (Lipinski definition) is 3. The largest absolute Gasteiger partial charge is 0.460 e. The first-order valence-electron chi connectivity index (χ1n) is 5.96. The van der Waals surface area contributed by atoms with Crippen molar-refractivity contribution >= 4 is 23.3 Å². The van der Waals surface area contributed by atoms with Crippen molar-refractivity contribution in [2.45, 2.75) is 45.6 Å². The molecule has 0 heterocycles. The molecule has 0 radical (unpaired) electrons. The van der Waals surface area contributed by atoms with Gasteiger partial charge in [-0.1, -0.05) is 24.6 Å². The highest BCUT2D eigenvalue weighted by molar-refractivity contribution is 6.33. The summed E-state index contributed by atoms with van der Waals surface area (Å²) >= 11 is 5.86. The Kier molecular flexibility index (Phi) is 4.63. The van der Waals surface area contributed by atoms with Crippen LogP contribution in [0.4, 0.5) is 5.69 Å². The molecular formula is C14H20ClNO2. The highest BCUT2D eigenvalue weighted by Gasteiger charge is 2.19. The molecule has 2 N–H and O–H groups in total. The molecule has 0 spiro atoms. The molecule has 0 amide bonds. The standard InChI is InChI=1S/C14H20ClNO2/c1-9(7-13(17)18-14(2,3)4)10-5-6-11(15)12(16)8-10/h5-6,8-9H,7,16H2,1-4H3/t9-/m1/s1. The Hall–Kier alpha value is -1.22. The number of carbonyl (C=O) groups is 1. The molecule has 100 valence electrons. The second-order valence-corrected chi connectivity index (χ2v) is 5.88. The van der Waals surface area contributed by atoms with E-state index in [1.165, 1.54) is 0 Å². The number of nitrogen functional groups attached to an aromatic ring is 1. The van der Waals surface area contributed by atoms with Gasteiger partial charge in [0.25, 0.3) is 0 Å². The van der Waals surface area contributed by atoms with Crippen LogP contribution in [-0.2, 0) is 9.53 Å². The highest BCUT2D eigenvalue weighted by Crippen LogP contribution is 2.26. The van der Waals surface area contributed by atoms with E-state index in [0.717, 1.165) is 5.56 Å². The Balaban J connectivity index is 2.68. The summed E-state index contributed by atoms with van der Waals surface area (Å²) in [6.07, 6.45) is 0.332. The molecule has 1 aromatic rings. The van der Waals surface area contributed by atoms with Crippen LogP contribution in [0.15, 0.2) is 18.2 Å². The summed E-state index contributed by atoms with van der Waals surface area (Å²) in [6, 6.07) is 5.43. The van der Waals surface area contributed by atoms with Crippen LogP contribution in [0.1, 0.15) is 45.6 Å². The van der Waals surface area contributed by atoms with Crippen molar-refractivity contribution in [1.29, 1.82) is 0 Å². The summed E-state index contributed by atoms with van der Waals surface area (Å²) in [4.78, 5) is 11.7. The third kappa shape index (κ3) is 4.57. The fraction of sp³-hybridized carbons (Fsp3) is 0.500. The molecule has 0 aliphatic rings. The number of ether oxygens (including phenoxy) is 1. The fourth-order valence-electron chi connectivity index (χ4n) is 1.62. The normalized spacial score (nSPS) is 13.2. The molecule has 18 heavy (non-hydrogen) atoms. The van der Waals surface area contributed by atoms with Crippen molar-refractivity contribution in [2.75, 3.05) is 5.73 Å². The Morgan fingerprint density at radius 2 is 2.06 bits per heavy atom.